The van der Waals surface area contributed by atoms with E-state index in [1.807, 2.05) is 0 Å². The second-order valence-corrected chi connectivity index (χ2v) is 6.99. The molecule has 1 aromatic carbocycles. The molecule has 20 heavy (non-hydrogen) atoms. The quantitative estimate of drug-likeness (QED) is 0.811. The second-order valence-electron chi connectivity index (χ2n) is 5.76. The lowest BCUT2D eigenvalue weighted by atomic mass is 9.82. The van der Waals surface area contributed by atoms with Gasteiger partial charge in [-0.3, -0.25) is 0 Å². The van der Waals surface area contributed by atoms with Gasteiger partial charge in [0.1, 0.15) is 4.99 Å². The summed E-state index contributed by atoms with van der Waals surface area (Å²) in [5.74, 6) is 1.07. The Balaban J connectivity index is 2.18. The number of nitrogens with two attached hydrogens (primary N) is 1. The lowest BCUT2D eigenvalue weighted by Gasteiger charge is -2.31. The van der Waals surface area contributed by atoms with Gasteiger partial charge in [0.2, 0.25) is 0 Å². The lowest BCUT2D eigenvalue weighted by Crippen LogP contribution is -2.28. The zero-order valence-electron chi connectivity index (χ0n) is 11.7. The Morgan fingerprint density at radius 1 is 1.30 bits per heavy atom. The molecular weight excluding hydrogens is 341 g/mol. The van der Waals surface area contributed by atoms with Gasteiger partial charge >= 0.3 is 0 Å². The van der Waals surface area contributed by atoms with Crippen LogP contribution in [0.15, 0.2) is 16.6 Å². The molecule has 0 radical (unpaired) electrons. The molecule has 1 aliphatic rings. The molecule has 1 fully saturated rings. The first-order chi connectivity index (χ1) is 9.38. The molecular formula is C15H19BrFNOS. The average molecular weight is 360 g/mol. The Morgan fingerprint density at radius 2 is 1.90 bits per heavy atom. The van der Waals surface area contributed by atoms with Crippen molar-refractivity contribution in [2.75, 3.05) is 0 Å². The number of hydrogen-bond acceptors (Lipinski definition) is 2. The van der Waals surface area contributed by atoms with Crippen LogP contribution >= 0.6 is 28.1 Å². The highest BCUT2D eigenvalue weighted by Crippen LogP contribution is 2.34. The van der Waals surface area contributed by atoms with Crippen LogP contribution in [-0.2, 0) is 0 Å². The molecule has 1 aromatic rings. The number of hydrogen-bond donors (Lipinski definition) is 1. The van der Waals surface area contributed by atoms with Gasteiger partial charge in [-0.05, 0) is 59.2 Å². The molecule has 1 aliphatic carbocycles. The Kier molecular flexibility index (Phi) is 5.02. The molecule has 0 amide bonds. The van der Waals surface area contributed by atoms with Crippen LogP contribution in [0.3, 0.4) is 0 Å². The van der Waals surface area contributed by atoms with E-state index in [0.29, 0.717) is 17.4 Å². The molecule has 0 aliphatic heterocycles. The zero-order valence-corrected chi connectivity index (χ0v) is 14.1. The minimum atomic E-state index is -0.429. The molecule has 2 N–H and O–H groups in total. The van der Waals surface area contributed by atoms with Crippen molar-refractivity contribution in [2.45, 2.75) is 39.2 Å². The summed E-state index contributed by atoms with van der Waals surface area (Å²) in [4.78, 5) is 0.169. The van der Waals surface area contributed by atoms with Gasteiger partial charge in [0.05, 0.1) is 10.6 Å². The number of rotatable bonds is 3. The van der Waals surface area contributed by atoms with Crippen molar-refractivity contribution in [1.82, 2.24) is 0 Å². The molecule has 2 atom stereocenters. The van der Waals surface area contributed by atoms with Gasteiger partial charge in [-0.2, -0.15) is 0 Å². The minimum absolute atomic E-state index is 0.0748. The van der Waals surface area contributed by atoms with Crippen LogP contribution in [0.25, 0.3) is 0 Å². The maximum Gasteiger partial charge on any atom is 0.179 e. The molecule has 0 saturated heterocycles. The molecule has 0 spiro atoms. The number of thiocarbonyl (C=S) groups is 1. The fourth-order valence-electron chi connectivity index (χ4n) is 2.96. The Hall–Kier alpha value is -0.680. The molecule has 0 aromatic heterocycles. The summed E-state index contributed by atoms with van der Waals surface area (Å²) < 4.78 is 20.4. The Labute approximate surface area is 133 Å². The van der Waals surface area contributed by atoms with Crippen LogP contribution in [-0.4, -0.2) is 11.1 Å². The molecule has 5 heteroatoms. The summed E-state index contributed by atoms with van der Waals surface area (Å²) in [5.41, 5.74) is 6.04. The molecule has 1 saturated carbocycles. The van der Waals surface area contributed by atoms with Crippen LogP contribution in [0.5, 0.6) is 5.75 Å². The maximum absolute atomic E-state index is 14.3. The summed E-state index contributed by atoms with van der Waals surface area (Å²) in [5, 5.41) is 0. The van der Waals surface area contributed by atoms with Crippen LogP contribution in [0.1, 0.15) is 38.7 Å². The minimum Gasteiger partial charge on any atom is -0.487 e. The third-order valence-corrected chi connectivity index (χ3v) is 4.74. The highest BCUT2D eigenvalue weighted by atomic mass is 79.9. The predicted octanol–water partition coefficient (Wildman–Crippen LogP) is 4.43. The van der Waals surface area contributed by atoms with Crippen molar-refractivity contribution >= 4 is 33.1 Å². The number of halogens is 2. The van der Waals surface area contributed by atoms with Crippen molar-refractivity contribution in [3.05, 3.63) is 28.0 Å². The first kappa shape index (κ1) is 15.7. The summed E-state index contributed by atoms with van der Waals surface area (Å²) in [7, 11) is 0. The van der Waals surface area contributed by atoms with E-state index < -0.39 is 5.82 Å². The van der Waals surface area contributed by atoms with Gasteiger partial charge in [-0.1, -0.05) is 26.1 Å². The zero-order chi connectivity index (χ0) is 14.9. The van der Waals surface area contributed by atoms with Crippen molar-refractivity contribution in [3.63, 3.8) is 0 Å². The first-order valence-electron chi connectivity index (χ1n) is 6.83. The van der Waals surface area contributed by atoms with Crippen LogP contribution in [0.2, 0.25) is 0 Å². The summed E-state index contributed by atoms with van der Waals surface area (Å²) >= 11 is 8.08. The third-order valence-electron chi connectivity index (χ3n) is 3.74. The monoisotopic (exact) mass is 359 g/mol. The van der Waals surface area contributed by atoms with E-state index in [1.165, 1.54) is 6.42 Å². The highest BCUT2D eigenvalue weighted by molar-refractivity contribution is 9.10. The molecule has 2 unspecified atom stereocenters. The molecule has 0 heterocycles. The SMILES string of the molecule is CC1CC(C)CC(Oc2ccc(C(N)=S)c(Br)c2F)C1. The highest BCUT2D eigenvalue weighted by Gasteiger charge is 2.26. The fourth-order valence-corrected chi connectivity index (χ4v) is 3.80. The number of ether oxygens (including phenoxy) is 1. The summed E-state index contributed by atoms with van der Waals surface area (Å²) in [6, 6.07) is 3.30. The molecule has 0 bridgehead atoms. The van der Waals surface area contributed by atoms with E-state index in [0.717, 1.165) is 12.8 Å². The van der Waals surface area contributed by atoms with E-state index >= 15 is 0 Å². The van der Waals surface area contributed by atoms with Gasteiger partial charge in [0.15, 0.2) is 11.6 Å². The van der Waals surface area contributed by atoms with E-state index in [9.17, 15) is 4.39 Å². The van der Waals surface area contributed by atoms with Crippen molar-refractivity contribution in [2.24, 2.45) is 17.6 Å². The normalized spacial score (nSPS) is 26.3. The van der Waals surface area contributed by atoms with Gasteiger partial charge in [-0.25, -0.2) is 4.39 Å². The maximum atomic E-state index is 14.3. The van der Waals surface area contributed by atoms with E-state index in [2.05, 4.69) is 29.8 Å². The largest absolute Gasteiger partial charge is 0.487 e. The van der Waals surface area contributed by atoms with Gasteiger partial charge in [0, 0.05) is 5.56 Å². The van der Waals surface area contributed by atoms with Crippen LogP contribution in [0.4, 0.5) is 4.39 Å². The van der Waals surface area contributed by atoms with Crippen LogP contribution < -0.4 is 10.5 Å². The summed E-state index contributed by atoms with van der Waals surface area (Å²) in [6.07, 6.45) is 3.23. The standard InChI is InChI=1S/C15H19BrFNOS/c1-8-5-9(2)7-10(6-8)19-12-4-3-11(15(18)20)13(16)14(12)17/h3-4,8-10H,5-7H2,1-2H3,(H2,18,20). The number of benzene rings is 1. The van der Waals surface area contributed by atoms with Gasteiger partial charge in [-0.15, -0.1) is 0 Å². The molecule has 2 rings (SSSR count). The fraction of sp³-hybridized carbons (Fsp3) is 0.533. The van der Waals surface area contributed by atoms with Crippen molar-refractivity contribution < 1.29 is 9.13 Å². The van der Waals surface area contributed by atoms with Gasteiger partial charge in [0.25, 0.3) is 0 Å². The Bertz CT molecular complexity index is 513. The van der Waals surface area contributed by atoms with Gasteiger partial charge < -0.3 is 10.5 Å². The van der Waals surface area contributed by atoms with E-state index in [1.54, 1.807) is 12.1 Å². The molecule has 2 nitrogen and oxygen atoms in total. The second kappa shape index (κ2) is 6.39. The first-order valence-corrected chi connectivity index (χ1v) is 8.03. The van der Waals surface area contributed by atoms with E-state index in [-0.39, 0.29) is 21.3 Å². The van der Waals surface area contributed by atoms with E-state index in [4.69, 9.17) is 22.7 Å². The summed E-state index contributed by atoms with van der Waals surface area (Å²) in [6.45, 7) is 4.43. The van der Waals surface area contributed by atoms with Crippen molar-refractivity contribution in [3.8, 4) is 5.75 Å². The Morgan fingerprint density at radius 3 is 2.45 bits per heavy atom. The molecule has 110 valence electrons. The topological polar surface area (TPSA) is 35.2 Å². The predicted molar refractivity (Wildman–Crippen MR) is 86.6 cm³/mol. The average Bonchev–Trinajstić information content (AvgIpc) is 2.33. The van der Waals surface area contributed by atoms with Crippen LogP contribution in [0, 0.1) is 17.7 Å². The van der Waals surface area contributed by atoms with Crippen molar-refractivity contribution in [1.29, 1.82) is 0 Å². The third kappa shape index (κ3) is 3.50. The smallest absolute Gasteiger partial charge is 0.179 e. The lowest BCUT2D eigenvalue weighted by molar-refractivity contribution is 0.0969.